The van der Waals surface area contributed by atoms with E-state index in [0.717, 1.165) is 23.5 Å². The van der Waals surface area contributed by atoms with Gasteiger partial charge in [-0.05, 0) is 60.9 Å². The summed E-state index contributed by atoms with van der Waals surface area (Å²) in [4.78, 5) is 14.2. The molecule has 0 radical (unpaired) electrons. The second-order valence-electron chi connectivity index (χ2n) is 6.61. The summed E-state index contributed by atoms with van der Waals surface area (Å²) in [5, 5.41) is 0. The van der Waals surface area contributed by atoms with E-state index in [1.54, 1.807) is 7.05 Å². The average Bonchev–Trinajstić information content (AvgIpc) is 2.91. The molecule has 1 saturated heterocycles. The SMILES string of the molecule is Cc1ccc(OCCCOc2cccc(/C=C3/SC(=S)N(C)C3=O)c2)cc1C. The van der Waals surface area contributed by atoms with Crippen molar-refractivity contribution in [2.45, 2.75) is 20.3 Å². The highest BCUT2D eigenvalue weighted by Crippen LogP contribution is 2.31. The molecule has 6 heteroatoms. The number of rotatable bonds is 7. The average molecular weight is 414 g/mol. The van der Waals surface area contributed by atoms with Gasteiger partial charge in [0, 0.05) is 13.5 Å². The van der Waals surface area contributed by atoms with Crippen LogP contribution in [-0.2, 0) is 4.79 Å². The van der Waals surface area contributed by atoms with Gasteiger partial charge >= 0.3 is 0 Å². The Hall–Kier alpha value is -2.31. The van der Waals surface area contributed by atoms with Crippen LogP contribution in [0.2, 0.25) is 0 Å². The number of thioether (sulfide) groups is 1. The molecule has 0 bridgehead atoms. The monoisotopic (exact) mass is 413 g/mol. The maximum Gasteiger partial charge on any atom is 0.265 e. The Labute approximate surface area is 175 Å². The van der Waals surface area contributed by atoms with E-state index in [4.69, 9.17) is 21.7 Å². The predicted molar refractivity (Wildman–Crippen MR) is 119 cm³/mol. The van der Waals surface area contributed by atoms with Gasteiger partial charge in [-0.3, -0.25) is 9.69 Å². The second kappa shape index (κ2) is 9.26. The van der Waals surface area contributed by atoms with E-state index >= 15 is 0 Å². The van der Waals surface area contributed by atoms with Gasteiger partial charge in [-0.25, -0.2) is 0 Å². The van der Waals surface area contributed by atoms with Crippen LogP contribution in [0.15, 0.2) is 47.4 Å². The molecular formula is C22H23NO3S2. The number of carbonyl (C=O) groups is 1. The molecule has 28 heavy (non-hydrogen) atoms. The van der Waals surface area contributed by atoms with Crippen molar-refractivity contribution in [1.82, 2.24) is 4.90 Å². The number of nitrogens with zero attached hydrogens (tertiary/aromatic N) is 1. The third-order valence-corrected chi connectivity index (χ3v) is 5.93. The predicted octanol–water partition coefficient (Wildman–Crippen LogP) is 4.98. The molecule has 1 amide bonds. The molecule has 0 saturated carbocycles. The maximum atomic E-state index is 12.1. The van der Waals surface area contributed by atoms with Crippen molar-refractivity contribution in [2.75, 3.05) is 20.3 Å². The van der Waals surface area contributed by atoms with Crippen molar-refractivity contribution in [2.24, 2.45) is 0 Å². The zero-order chi connectivity index (χ0) is 20.1. The Morgan fingerprint density at radius 2 is 1.75 bits per heavy atom. The molecule has 0 aliphatic carbocycles. The lowest BCUT2D eigenvalue weighted by Crippen LogP contribution is -2.22. The van der Waals surface area contributed by atoms with Gasteiger partial charge in [0.15, 0.2) is 0 Å². The number of hydrogen-bond acceptors (Lipinski definition) is 5. The fourth-order valence-corrected chi connectivity index (χ4v) is 3.81. The Morgan fingerprint density at radius 3 is 2.39 bits per heavy atom. The van der Waals surface area contributed by atoms with Gasteiger partial charge in [0.2, 0.25) is 0 Å². The molecule has 1 fully saturated rings. The standard InChI is InChI=1S/C22H23NO3S2/c1-15-8-9-19(12-16(15)2)26-11-5-10-25-18-7-4-6-17(13-18)14-20-21(24)23(3)22(27)28-20/h4,6-9,12-14H,5,10-11H2,1-3H3/b20-14+. The minimum absolute atomic E-state index is 0.0650. The lowest BCUT2D eigenvalue weighted by Gasteiger charge is -2.10. The van der Waals surface area contributed by atoms with Crippen molar-refractivity contribution < 1.29 is 14.3 Å². The van der Waals surface area contributed by atoms with Gasteiger partial charge in [0.25, 0.3) is 5.91 Å². The smallest absolute Gasteiger partial charge is 0.265 e. The lowest BCUT2D eigenvalue weighted by molar-refractivity contribution is -0.121. The minimum atomic E-state index is -0.0650. The minimum Gasteiger partial charge on any atom is -0.493 e. The zero-order valence-electron chi connectivity index (χ0n) is 16.2. The van der Waals surface area contributed by atoms with Crippen LogP contribution < -0.4 is 9.47 Å². The summed E-state index contributed by atoms with van der Waals surface area (Å²) in [5.74, 6) is 1.59. The summed E-state index contributed by atoms with van der Waals surface area (Å²) in [6, 6.07) is 13.8. The Balaban J connectivity index is 1.49. The summed E-state index contributed by atoms with van der Waals surface area (Å²) in [7, 11) is 1.69. The van der Waals surface area contributed by atoms with E-state index < -0.39 is 0 Å². The lowest BCUT2D eigenvalue weighted by atomic mass is 10.1. The molecule has 0 N–H and O–H groups in total. The van der Waals surface area contributed by atoms with Crippen LogP contribution in [0, 0.1) is 13.8 Å². The van der Waals surface area contributed by atoms with Gasteiger partial charge in [-0.2, -0.15) is 0 Å². The summed E-state index contributed by atoms with van der Waals surface area (Å²) < 4.78 is 12.2. The molecule has 1 aliphatic heterocycles. The molecule has 1 aliphatic rings. The first kappa shape index (κ1) is 20.4. The van der Waals surface area contributed by atoms with Crippen LogP contribution >= 0.6 is 24.0 Å². The number of aryl methyl sites for hydroxylation is 2. The number of hydrogen-bond donors (Lipinski definition) is 0. The van der Waals surface area contributed by atoms with Crippen LogP contribution in [0.25, 0.3) is 6.08 Å². The van der Waals surface area contributed by atoms with E-state index in [-0.39, 0.29) is 5.91 Å². The van der Waals surface area contributed by atoms with E-state index in [9.17, 15) is 4.79 Å². The van der Waals surface area contributed by atoms with Crippen molar-refractivity contribution in [3.8, 4) is 11.5 Å². The van der Waals surface area contributed by atoms with Crippen molar-refractivity contribution >= 4 is 40.3 Å². The van der Waals surface area contributed by atoms with E-state index in [1.165, 1.54) is 27.8 Å². The third-order valence-electron chi connectivity index (χ3n) is 4.45. The largest absolute Gasteiger partial charge is 0.493 e. The van der Waals surface area contributed by atoms with Gasteiger partial charge in [-0.15, -0.1) is 0 Å². The Kier molecular flexibility index (Phi) is 6.75. The highest BCUT2D eigenvalue weighted by molar-refractivity contribution is 8.26. The number of likely N-dealkylation sites (N-methyl/N-ethyl adjacent to an activating group) is 1. The summed E-state index contributed by atoms with van der Waals surface area (Å²) in [6.07, 6.45) is 2.63. The zero-order valence-corrected chi connectivity index (χ0v) is 17.9. The number of amides is 1. The van der Waals surface area contributed by atoms with Gasteiger partial charge in [0.1, 0.15) is 15.8 Å². The number of ether oxygens (including phenoxy) is 2. The molecule has 4 nitrogen and oxygen atoms in total. The fraction of sp³-hybridized carbons (Fsp3) is 0.273. The normalized spacial score (nSPS) is 15.4. The first-order chi connectivity index (χ1) is 13.4. The topological polar surface area (TPSA) is 38.8 Å². The summed E-state index contributed by atoms with van der Waals surface area (Å²) in [5.41, 5.74) is 3.40. The van der Waals surface area contributed by atoms with E-state index in [2.05, 4.69) is 26.0 Å². The molecule has 0 unspecified atom stereocenters. The molecule has 0 atom stereocenters. The Morgan fingerprint density at radius 1 is 1.04 bits per heavy atom. The number of thiocarbonyl (C=S) groups is 1. The first-order valence-corrected chi connectivity index (χ1v) is 10.3. The van der Waals surface area contributed by atoms with Crippen LogP contribution in [-0.4, -0.2) is 35.4 Å². The van der Waals surface area contributed by atoms with Crippen LogP contribution in [0.5, 0.6) is 11.5 Å². The number of benzene rings is 2. The van der Waals surface area contributed by atoms with Crippen molar-refractivity contribution in [1.29, 1.82) is 0 Å². The Bertz CT molecular complexity index is 924. The summed E-state index contributed by atoms with van der Waals surface area (Å²) in [6.45, 7) is 5.33. The molecule has 146 valence electrons. The first-order valence-electron chi connectivity index (χ1n) is 9.08. The molecular weight excluding hydrogens is 390 g/mol. The van der Waals surface area contributed by atoms with Crippen LogP contribution in [0.1, 0.15) is 23.1 Å². The van der Waals surface area contributed by atoms with Crippen LogP contribution in [0.4, 0.5) is 0 Å². The van der Waals surface area contributed by atoms with Gasteiger partial charge in [0.05, 0.1) is 18.1 Å². The highest BCUT2D eigenvalue weighted by Gasteiger charge is 2.28. The van der Waals surface area contributed by atoms with Gasteiger partial charge < -0.3 is 9.47 Å². The van der Waals surface area contributed by atoms with Crippen molar-refractivity contribution in [3.05, 3.63) is 64.1 Å². The third kappa shape index (κ3) is 5.14. The molecule has 2 aromatic rings. The highest BCUT2D eigenvalue weighted by atomic mass is 32.2. The maximum absolute atomic E-state index is 12.1. The number of carbonyl (C=O) groups excluding carboxylic acids is 1. The molecule has 2 aromatic carbocycles. The van der Waals surface area contributed by atoms with E-state index in [0.29, 0.717) is 22.4 Å². The summed E-state index contributed by atoms with van der Waals surface area (Å²) >= 11 is 6.48. The molecule has 1 heterocycles. The second-order valence-corrected chi connectivity index (χ2v) is 8.29. The molecule has 0 spiro atoms. The molecule has 3 rings (SSSR count). The van der Waals surface area contributed by atoms with Gasteiger partial charge in [-0.1, -0.05) is 42.2 Å². The van der Waals surface area contributed by atoms with E-state index in [1.807, 2.05) is 36.4 Å². The van der Waals surface area contributed by atoms with Crippen molar-refractivity contribution in [3.63, 3.8) is 0 Å². The quantitative estimate of drug-likeness (QED) is 0.364. The fourth-order valence-electron chi connectivity index (χ4n) is 2.63. The molecule has 0 aromatic heterocycles. The van der Waals surface area contributed by atoms with Crippen LogP contribution in [0.3, 0.4) is 0 Å².